The molecule has 1 aliphatic heterocycles. The van der Waals surface area contributed by atoms with Gasteiger partial charge in [0.25, 0.3) is 5.91 Å². The minimum Gasteiger partial charge on any atom is -0.335 e. The molecule has 0 bridgehead atoms. The fourth-order valence-electron chi connectivity index (χ4n) is 3.31. The van der Waals surface area contributed by atoms with Gasteiger partial charge in [-0.3, -0.25) is 14.8 Å². The Hall–Kier alpha value is -2.86. The SMILES string of the molecule is Cc1ccc(-c2cncc(C(=O)N3CCN(C)CC3)n2)c2cccnc12. The second-order valence-electron chi connectivity index (χ2n) is 6.71. The van der Waals surface area contributed by atoms with Crippen molar-refractivity contribution in [3.63, 3.8) is 0 Å². The molecule has 0 aliphatic carbocycles. The highest BCUT2D eigenvalue weighted by atomic mass is 16.2. The highest BCUT2D eigenvalue weighted by molar-refractivity contribution is 5.96. The largest absolute Gasteiger partial charge is 0.335 e. The number of amides is 1. The number of nitrogens with zero attached hydrogens (tertiary/aromatic N) is 5. The third kappa shape index (κ3) is 3.04. The summed E-state index contributed by atoms with van der Waals surface area (Å²) >= 11 is 0. The first-order valence-electron chi connectivity index (χ1n) is 8.78. The number of carbonyl (C=O) groups is 1. The Kier molecular flexibility index (Phi) is 4.34. The Morgan fingerprint density at radius 3 is 2.69 bits per heavy atom. The third-order valence-electron chi connectivity index (χ3n) is 4.89. The number of aryl methyl sites for hydroxylation is 1. The number of pyridine rings is 1. The fourth-order valence-corrected chi connectivity index (χ4v) is 3.31. The van der Waals surface area contributed by atoms with Crippen LogP contribution in [-0.4, -0.2) is 63.9 Å². The molecule has 6 nitrogen and oxygen atoms in total. The Morgan fingerprint density at radius 2 is 1.88 bits per heavy atom. The van der Waals surface area contributed by atoms with Gasteiger partial charge in [-0.15, -0.1) is 0 Å². The van der Waals surface area contributed by atoms with Crippen LogP contribution in [0.25, 0.3) is 22.2 Å². The molecule has 2 aromatic heterocycles. The number of aromatic nitrogens is 3. The molecule has 0 radical (unpaired) electrons. The molecule has 26 heavy (non-hydrogen) atoms. The lowest BCUT2D eigenvalue weighted by atomic mass is 10.0. The molecular formula is C20H21N5O. The summed E-state index contributed by atoms with van der Waals surface area (Å²) in [6, 6.07) is 7.99. The normalized spacial score (nSPS) is 15.4. The number of benzene rings is 1. The van der Waals surface area contributed by atoms with E-state index in [4.69, 9.17) is 0 Å². The first-order chi connectivity index (χ1) is 12.6. The average Bonchev–Trinajstić information content (AvgIpc) is 2.69. The lowest BCUT2D eigenvalue weighted by molar-refractivity contribution is 0.0658. The second-order valence-corrected chi connectivity index (χ2v) is 6.71. The van der Waals surface area contributed by atoms with Crippen LogP contribution in [0.4, 0.5) is 0 Å². The Labute approximate surface area is 152 Å². The summed E-state index contributed by atoms with van der Waals surface area (Å²) in [7, 11) is 2.07. The highest BCUT2D eigenvalue weighted by Gasteiger charge is 2.22. The number of carbonyl (C=O) groups excluding carboxylic acids is 1. The quantitative estimate of drug-likeness (QED) is 0.712. The average molecular weight is 347 g/mol. The number of hydrogen-bond donors (Lipinski definition) is 0. The monoisotopic (exact) mass is 347 g/mol. The zero-order chi connectivity index (χ0) is 18.1. The molecule has 132 valence electrons. The van der Waals surface area contributed by atoms with Crippen molar-refractivity contribution in [2.75, 3.05) is 33.2 Å². The third-order valence-corrected chi connectivity index (χ3v) is 4.89. The summed E-state index contributed by atoms with van der Waals surface area (Å²) in [5.74, 6) is -0.0537. The summed E-state index contributed by atoms with van der Waals surface area (Å²) < 4.78 is 0. The van der Waals surface area contributed by atoms with Gasteiger partial charge in [0.2, 0.25) is 0 Å². The molecule has 0 saturated carbocycles. The minimum absolute atomic E-state index is 0.0537. The van der Waals surface area contributed by atoms with E-state index >= 15 is 0 Å². The molecule has 6 heteroatoms. The van der Waals surface area contributed by atoms with E-state index in [0.29, 0.717) is 11.4 Å². The van der Waals surface area contributed by atoms with Crippen LogP contribution >= 0.6 is 0 Å². The minimum atomic E-state index is -0.0537. The summed E-state index contributed by atoms with van der Waals surface area (Å²) in [5.41, 5.74) is 4.09. The van der Waals surface area contributed by atoms with E-state index in [0.717, 1.165) is 48.2 Å². The predicted molar refractivity (Wildman–Crippen MR) is 101 cm³/mol. The standard InChI is InChI=1S/C20H21N5O/c1-14-5-6-15(16-4-3-7-22-19(14)16)17-12-21-13-18(23-17)20(26)25-10-8-24(2)9-11-25/h3-7,12-13H,8-11H2,1-2H3. The van der Waals surface area contributed by atoms with Gasteiger partial charge in [-0.25, -0.2) is 4.98 Å². The molecule has 1 fully saturated rings. The molecule has 1 aliphatic rings. The van der Waals surface area contributed by atoms with Crippen LogP contribution in [0.2, 0.25) is 0 Å². The Balaban J connectivity index is 1.71. The van der Waals surface area contributed by atoms with Crippen molar-refractivity contribution in [1.82, 2.24) is 24.8 Å². The van der Waals surface area contributed by atoms with Crippen LogP contribution in [-0.2, 0) is 0 Å². The van der Waals surface area contributed by atoms with Gasteiger partial charge < -0.3 is 9.80 Å². The maximum Gasteiger partial charge on any atom is 0.274 e. The zero-order valence-corrected chi connectivity index (χ0v) is 15.0. The molecule has 0 N–H and O–H groups in total. The maximum absolute atomic E-state index is 12.8. The van der Waals surface area contributed by atoms with Crippen LogP contribution in [0.1, 0.15) is 16.1 Å². The van der Waals surface area contributed by atoms with E-state index in [1.54, 1.807) is 18.6 Å². The van der Waals surface area contributed by atoms with Gasteiger partial charge in [-0.1, -0.05) is 18.2 Å². The molecule has 4 rings (SSSR count). The molecule has 3 heterocycles. The van der Waals surface area contributed by atoms with E-state index in [1.165, 1.54) is 0 Å². The van der Waals surface area contributed by atoms with E-state index in [1.807, 2.05) is 36.1 Å². The molecule has 0 atom stereocenters. The van der Waals surface area contributed by atoms with Gasteiger partial charge >= 0.3 is 0 Å². The Morgan fingerprint density at radius 1 is 1.08 bits per heavy atom. The van der Waals surface area contributed by atoms with E-state index in [9.17, 15) is 4.79 Å². The summed E-state index contributed by atoms with van der Waals surface area (Å²) in [6.45, 7) is 5.25. The first kappa shape index (κ1) is 16.6. The van der Waals surface area contributed by atoms with E-state index in [-0.39, 0.29) is 5.91 Å². The molecular weight excluding hydrogens is 326 g/mol. The van der Waals surface area contributed by atoms with Crippen molar-refractivity contribution in [1.29, 1.82) is 0 Å². The lowest BCUT2D eigenvalue weighted by Crippen LogP contribution is -2.47. The number of hydrogen-bond acceptors (Lipinski definition) is 5. The summed E-state index contributed by atoms with van der Waals surface area (Å²) in [5, 5.41) is 1.02. The summed E-state index contributed by atoms with van der Waals surface area (Å²) in [6.07, 6.45) is 5.05. The number of piperazine rings is 1. The number of fused-ring (bicyclic) bond motifs is 1. The van der Waals surface area contributed by atoms with Crippen LogP contribution in [0.5, 0.6) is 0 Å². The van der Waals surface area contributed by atoms with E-state index in [2.05, 4.69) is 26.9 Å². The van der Waals surface area contributed by atoms with Crippen molar-refractivity contribution in [2.45, 2.75) is 6.92 Å². The molecule has 1 aromatic carbocycles. The second kappa shape index (κ2) is 6.80. The lowest BCUT2D eigenvalue weighted by Gasteiger charge is -2.32. The van der Waals surface area contributed by atoms with E-state index < -0.39 is 0 Å². The van der Waals surface area contributed by atoms with Gasteiger partial charge in [0, 0.05) is 43.3 Å². The molecule has 3 aromatic rings. The van der Waals surface area contributed by atoms with Gasteiger partial charge in [-0.05, 0) is 25.6 Å². The smallest absolute Gasteiger partial charge is 0.274 e. The van der Waals surface area contributed by atoms with Crippen LogP contribution in [0.15, 0.2) is 42.9 Å². The molecule has 0 unspecified atom stereocenters. The van der Waals surface area contributed by atoms with Crippen LogP contribution in [0, 0.1) is 6.92 Å². The predicted octanol–water partition coefficient (Wildman–Crippen LogP) is 2.39. The van der Waals surface area contributed by atoms with Gasteiger partial charge in [0.1, 0.15) is 5.69 Å². The Bertz CT molecular complexity index is 963. The zero-order valence-electron chi connectivity index (χ0n) is 15.0. The maximum atomic E-state index is 12.8. The summed E-state index contributed by atoms with van der Waals surface area (Å²) in [4.78, 5) is 30.2. The van der Waals surface area contributed by atoms with Crippen molar-refractivity contribution >= 4 is 16.8 Å². The van der Waals surface area contributed by atoms with Crippen molar-refractivity contribution in [2.24, 2.45) is 0 Å². The van der Waals surface area contributed by atoms with Crippen molar-refractivity contribution < 1.29 is 4.79 Å². The first-order valence-corrected chi connectivity index (χ1v) is 8.78. The molecule has 1 amide bonds. The topological polar surface area (TPSA) is 62.2 Å². The molecule has 0 spiro atoms. The van der Waals surface area contributed by atoms with Crippen molar-refractivity contribution in [3.05, 3.63) is 54.1 Å². The fraction of sp³-hybridized carbons (Fsp3) is 0.300. The highest BCUT2D eigenvalue weighted by Crippen LogP contribution is 2.28. The van der Waals surface area contributed by atoms with Gasteiger partial charge in [-0.2, -0.15) is 0 Å². The van der Waals surface area contributed by atoms with Gasteiger partial charge in [0.05, 0.1) is 23.6 Å². The number of likely N-dealkylation sites (N-methyl/N-ethyl adjacent to an activating group) is 1. The van der Waals surface area contributed by atoms with Crippen LogP contribution < -0.4 is 0 Å². The molecule has 1 saturated heterocycles. The number of rotatable bonds is 2. The van der Waals surface area contributed by atoms with Crippen molar-refractivity contribution in [3.8, 4) is 11.3 Å². The van der Waals surface area contributed by atoms with Crippen LogP contribution in [0.3, 0.4) is 0 Å². The van der Waals surface area contributed by atoms with Gasteiger partial charge in [0.15, 0.2) is 0 Å².